The van der Waals surface area contributed by atoms with E-state index in [-0.39, 0.29) is 29.3 Å². The van der Waals surface area contributed by atoms with Crippen molar-refractivity contribution in [3.05, 3.63) is 45.5 Å². The van der Waals surface area contributed by atoms with Crippen LogP contribution < -0.4 is 5.32 Å². The van der Waals surface area contributed by atoms with Gasteiger partial charge < -0.3 is 15.4 Å². The molecule has 8 heteroatoms. The van der Waals surface area contributed by atoms with Gasteiger partial charge in [-0.3, -0.25) is 9.59 Å². The van der Waals surface area contributed by atoms with Crippen molar-refractivity contribution in [1.82, 2.24) is 5.32 Å². The van der Waals surface area contributed by atoms with Gasteiger partial charge in [0.15, 0.2) is 5.78 Å². The normalized spacial score (nSPS) is 11.6. The minimum atomic E-state index is -1.63. The Labute approximate surface area is 145 Å². The van der Waals surface area contributed by atoms with Crippen LogP contribution in [0, 0.1) is 0 Å². The molecule has 0 heterocycles. The second kappa shape index (κ2) is 9.08. The Bertz CT molecular complexity index is 615. The molecule has 0 fully saturated rings. The molecule has 124 valence electrons. The molecule has 1 amide bonds. The largest absolute Gasteiger partial charge is 0.459 e. The zero-order valence-corrected chi connectivity index (χ0v) is 14.4. The number of allylic oxidation sites excluding steroid dienone is 2. The lowest BCUT2D eigenvalue weighted by molar-refractivity contribution is -0.118. The molecule has 23 heavy (non-hydrogen) atoms. The van der Waals surface area contributed by atoms with Gasteiger partial charge in [0.2, 0.25) is 0 Å². The SMILES string of the molecule is CC(C)=C[C@H](CC(=O)CNC(=O)c1cc(Cl)ccc1Cl)B(O)O. The number of halogens is 2. The van der Waals surface area contributed by atoms with Gasteiger partial charge in [-0.2, -0.15) is 0 Å². The summed E-state index contributed by atoms with van der Waals surface area (Å²) in [5.41, 5.74) is 1.04. The highest BCUT2D eigenvalue weighted by atomic mass is 35.5. The third-order valence-electron chi connectivity index (χ3n) is 3.01. The van der Waals surface area contributed by atoms with Crippen LogP contribution in [0.15, 0.2) is 29.8 Å². The summed E-state index contributed by atoms with van der Waals surface area (Å²) in [6.45, 7) is 3.35. The maximum absolute atomic E-state index is 12.0. The van der Waals surface area contributed by atoms with E-state index in [0.717, 1.165) is 5.57 Å². The Hall–Kier alpha value is -1.34. The number of hydrogen-bond acceptors (Lipinski definition) is 4. The number of Topliss-reactive ketones (excluding diaryl/α,β-unsaturated/α-hetero) is 1. The molecule has 1 aromatic rings. The van der Waals surface area contributed by atoms with Crippen molar-refractivity contribution in [3.63, 3.8) is 0 Å². The first-order valence-corrected chi connectivity index (χ1v) is 7.72. The third kappa shape index (κ3) is 6.75. The minimum absolute atomic E-state index is 0.0909. The van der Waals surface area contributed by atoms with Crippen LogP contribution in [0.3, 0.4) is 0 Å². The van der Waals surface area contributed by atoms with Crippen molar-refractivity contribution >= 4 is 42.0 Å². The molecule has 1 atom stereocenters. The lowest BCUT2D eigenvalue weighted by Crippen LogP contribution is -2.31. The monoisotopic (exact) mass is 357 g/mol. The van der Waals surface area contributed by atoms with Crippen molar-refractivity contribution in [2.75, 3.05) is 6.54 Å². The Kier molecular flexibility index (Phi) is 7.78. The van der Waals surface area contributed by atoms with Crippen LogP contribution in [0.2, 0.25) is 15.9 Å². The lowest BCUT2D eigenvalue weighted by Gasteiger charge is -2.12. The number of rotatable bonds is 7. The molecule has 0 aliphatic carbocycles. The Balaban J connectivity index is 2.63. The molecule has 0 saturated carbocycles. The third-order valence-corrected chi connectivity index (χ3v) is 3.58. The summed E-state index contributed by atoms with van der Waals surface area (Å²) in [5, 5.41) is 21.6. The number of carbonyl (C=O) groups is 2. The molecule has 0 bridgehead atoms. The highest BCUT2D eigenvalue weighted by Gasteiger charge is 2.24. The van der Waals surface area contributed by atoms with Crippen molar-refractivity contribution in [3.8, 4) is 0 Å². The Morgan fingerprint density at radius 2 is 1.96 bits per heavy atom. The first-order valence-electron chi connectivity index (χ1n) is 6.96. The smallest absolute Gasteiger partial charge is 0.427 e. The summed E-state index contributed by atoms with van der Waals surface area (Å²) >= 11 is 11.7. The molecule has 0 aromatic heterocycles. The molecule has 1 aromatic carbocycles. The maximum atomic E-state index is 12.0. The van der Waals surface area contributed by atoms with E-state index in [1.54, 1.807) is 26.0 Å². The van der Waals surface area contributed by atoms with Gasteiger partial charge in [-0.05, 0) is 32.0 Å². The van der Waals surface area contributed by atoms with E-state index in [1.165, 1.54) is 12.1 Å². The van der Waals surface area contributed by atoms with Crippen molar-refractivity contribution in [2.45, 2.75) is 26.1 Å². The van der Waals surface area contributed by atoms with Gasteiger partial charge in [-0.1, -0.05) is 34.9 Å². The number of ketones is 1. The molecule has 1 rings (SSSR count). The number of benzene rings is 1. The van der Waals surface area contributed by atoms with E-state index < -0.39 is 18.8 Å². The molecule has 0 spiro atoms. The molecule has 3 N–H and O–H groups in total. The zero-order valence-electron chi connectivity index (χ0n) is 12.8. The van der Waals surface area contributed by atoms with Gasteiger partial charge >= 0.3 is 7.12 Å². The van der Waals surface area contributed by atoms with Crippen molar-refractivity contribution < 1.29 is 19.6 Å². The molecule has 0 radical (unpaired) electrons. The average Bonchev–Trinajstić information content (AvgIpc) is 2.46. The molecule has 0 unspecified atom stereocenters. The van der Waals surface area contributed by atoms with Crippen LogP contribution in [0.5, 0.6) is 0 Å². The summed E-state index contributed by atoms with van der Waals surface area (Å²) in [6.07, 6.45) is 1.52. The summed E-state index contributed by atoms with van der Waals surface area (Å²) < 4.78 is 0. The van der Waals surface area contributed by atoms with E-state index in [1.807, 2.05) is 0 Å². The number of hydrogen-bond donors (Lipinski definition) is 3. The number of nitrogens with one attached hydrogen (secondary N) is 1. The Morgan fingerprint density at radius 1 is 1.30 bits per heavy atom. The molecular weight excluding hydrogens is 340 g/mol. The highest BCUT2D eigenvalue weighted by Crippen LogP contribution is 2.21. The standard InChI is InChI=1S/C15H18BCl2NO4/c1-9(2)5-10(16(22)23)6-12(20)8-19-15(21)13-7-11(17)3-4-14(13)18/h3-5,7,10,22-23H,6,8H2,1-2H3,(H,19,21)/t10-/m1/s1. The fraction of sp³-hybridized carbons (Fsp3) is 0.333. The zero-order chi connectivity index (χ0) is 17.6. The van der Waals surface area contributed by atoms with Gasteiger partial charge in [0, 0.05) is 17.3 Å². The van der Waals surface area contributed by atoms with Crippen LogP contribution in [0.25, 0.3) is 0 Å². The first kappa shape index (κ1) is 19.7. The Morgan fingerprint density at radius 3 is 2.52 bits per heavy atom. The average molecular weight is 358 g/mol. The number of carbonyl (C=O) groups excluding carboxylic acids is 2. The fourth-order valence-corrected chi connectivity index (χ4v) is 2.33. The van der Waals surface area contributed by atoms with Gasteiger partial charge in [0.25, 0.3) is 5.91 Å². The molecule has 0 aliphatic heterocycles. The van der Waals surface area contributed by atoms with Gasteiger partial charge in [0.05, 0.1) is 17.1 Å². The molecule has 0 aliphatic rings. The van der Waals surface area contributed by atoms with E-state index >= 15 is 0 Å². The van der Waals surface area contributed by atoms with Crippen LogP contribution >= 0.6 is 23.2 Å². The van der Waals surface area contributed by atoms with E-state index in [4.69, 9.17) is 23.2 Å². The van der Waals surface area contributed by atoms with E-state index in [9.17, 15) is 19.6 Å². The summed E-state index contributed by atoms with van der Waals surface area (Å²) in [4.78, 5) is 23.9. The molecule has 0 saturated heterocycles. The first-order chi connectivity index (χ1) is 10.7. The van der Waals surface area contributed by atoms with Crippen LogP contribution in [-0.2, 0) is 4.79 Å². The highest BCUT2D eigenvalue weighted by molar-refractivity contribution is 6.44. The van der Waals surface area contributed by atoms with Crippen molar-refractivity contribution in [1.29, 1.82) is 0 Å². The molecule has 5 nitrogen and oxygen atoms in total. The van der Waals surface area contributed by atoms with Crippen LogP contribution in [-0.4, -0.2) is 35.4 Å². The van der Waals surface area contributed by atoms with E-state index in [0.29, 0.717) is 5.02 Å². The summed E-state index contributed by atoms with van der Waals surface area (Å²) in [5.74, 6) is -1.56. The van der Waals surface area contributed by atoms with Gasteiger partial charge in [-0.25, -0.2) is 0 Å². The molecular formula is C15H18BCl2NO4. The topological polar surface area (TPSA) is 86.6 Å². The van der Waals surface area contributed by atoms with Gasteiger partial charge in [-0.15, -0.1) is 0 Å². The second-order valence-electron chi connectivity index (χ2n) is 5.37. The second-order valence-corrected chi connectivity index (χ2v) is 6.21. The minimum Gasteiger partial charge on any atom is -0.427 e. The quantitative estimate of drug-likeness (QED) is 0.516. The van der Waals surface area contributed by atoms with Crippen molar-refractivity contribution in [2.24, 2.45) is 0 Å². The fourth-order valence-electron chi connectivity index (χ4n) is 1.96. The maximum Gasteiger partial charge on any atom is 0.459 e. The summed E-state index contributed by atoms with van der Waals surface area (Å²) in [7, 11) is -1.63. The predicted octanol–water partition coefficient (Wildman–Crippen LogP) is 2.49. The predicted molar refractivity (Wildman–Crippen MR) is 91.8 cm³/mol. The van der Waals surface area contributed by atoms with Crippen LogP contribution in [0.1, 0.15) is 30.6 Å². The van der Waals surface area contributed by atoms with E-state index in [2.05, 4.69) is 5.32 Å². The summed E-state index contributed by atoms with van der Waals surface area (Å²) in [6, 6.07) is 4.46. The number of amides is 1. The lowest BCUT2D eigenvalue weighted by atomic mass is 9.69. The van der Waals surface area contributed by atoms with Gasteiger partial charge in [0.1, 0.15) is 0 Å². The van der Waals surface area contributed by atoms with Crippen LogP contribution in [0.4, 0.5) is 0 Å².